The molecule has 5 heteroatoms. The van der Waals surface area contributed by atoms with Crippen molar-refractivity contribution in [2.75, 3.05) is 0 Å². The van der Waals surface area contributed by atoms with Gasteiger partial charge in [-0.1, -0.05) is 0 Å². The molecule has 2 heterocycles. The third-order valence-electron chi connectivity index (χ3n) is 2.67. The van der Waals surface area contributed by atoms with E-state index in [2.05, 4.69) is 10.4 Å². The van der Waals surface area contributed by atoms with Crippen LogP contribution in [0.25, 0.3) is 0 Å². The zero-order valence-electron chi connectivity index (χ0n) is 8.78. The SMILES string of the molecule is Cn1cc([C@]2(C)CC(=O)CC(=O)N2)cn1. The highest BCUT2D eigenvalue weighted by Crippen LogP contribution is 2.27. The summed E-state index contributed by atoms with van der Waals surface area (Å²) in [6.07, 6.45) is 3.83. The van der Waals surface area contributed by atoms with Crippen LogP contribution in [0.4, 0.5) is 0 Å². The first-order valence-electron chi connectivity index (χ1n) is 4.81. The van der Waals surface area contributed by atoms with E-state index in [1.807, 2.05) is 13.1 Å². The monoisotopic (exact) mass is 207 g/mol. The zero-order valence-corrected chi connectivity index (χ0v) is 8.78. The van der Waals surface area contributed by atoms with Crippen molar-refractivity contribution in [1.29, 1.82) is 0 Å². The number of carbonyl (C=O) groups is 2. The normalized spacial score (nSPS) is 26.5. The Kier molecular flexibility index (Phi) is 2.10. The van der Waals surface area contributed by atoms with Crippen LogP contribution < -0.4 is 5.32 Å². The molecule has 1 atom stereocenters. The van der Waals surface area contributed by atoms with Crippen LogP contribution in [-0.4, -0.2) is 21.5 Å². The number of aromatic nitrogens is 2. The van der Waals surface area contributed by atoms with Gasteiger partial charge in [0.05, 0.1) is 18.2 Å². The molecule has 1 amide bonds. The van der Waals surface area contributed by atoms with Crippen molar-refractivity contribution < 1.29 is 9.59 Å². The second-order valence-corrected chi connectivity index (χ2v) is 4.18. The number of hydrogen-bond acceptors (Lipinski definition) is 3. The molecule has 15 heavy (non-hydrogen) atoms. The molecule has 1 aromatic rings. The second-order valence-electron chi connectivity index (χ2n) is 4.18. The van der Waals surface area contributed by atoms with Gasteiger partial charge in [0.25, 0.3) is 0 Å². The lowest BCUT2D eigenvalue weighted by molar-refractivity contribution is -0.134. The van der Waals surface area contributed by atoms with Crippen LogP contribution in [0.1, 0.15) is 25.3 Å². The van der Waals surface area contributed by atoms with Gasteiger partial charge in [-0.15, -0.1) is 0 Å². The van der Waals surface area contributed by atoms with E-state index >= 15 is 0 Å². The summed E-state index contributed by atoms with van der Waals surface area (Å²) >= 11 is 0. The van der Waals surface area contributed by atoms with E-state index in [0.717, 1.165) is 5.56 Å². The summed E-state index contributed by atoms with van der Waals surface area (Å²) in [5.74, 6) is -0.234. The maximum absolute atomic E-state index is 11.4. The number of nitrogens with one attached hydrogen (secondary N) is 1. The summed E-state index contributed by atoms with van der Waals surface area (Å²) < 4.78 is 1.66. The van der Waals surface area contributed by atoms with Gasteiger partial charge in [0.1, 0.15) is 5.78 Å². The summed E-state index contributed by atoms with van der Waals surface area (Å²) in [4.78, 5) is 22.7. The van der Waals surface area contributed by atoms with Crippen molar-refractivity contribution in [3.8, 4) is 0 Å². The maximum Gasteiger partial charge on any atom is 0.228 e. The molecule has 0 aromatic carbocycles. The molecular formula is C10H13N3O2. The molecule has 1 fully saturated rings. The molecule has 0 bridgehead atoms. The summed E-state index contributed by atoms with van der Waals surface area (Å²) in [7, 11) is 1.80. The predicted molar refractivity (Wildman–Crippen MR) is 52.9 cm³/mol. The first-order valence-corrected chi connectivity index (χ1v) is 4.81. The van der Waals surface area contributed by atoms with Crippen LogP contribution in [0.3, 0.4) is 0 Å². The van der Waals surface area contributed by atoms with E-state index in [-0.39, 0.29) is 18.1 Å². The Hall–Kier alpha value is -1.65. The summed E-state index contributed by atoms with van der Waals surface area (Å²) in [5, 5.41) is 6.88. The average Bonchev–Trinajstić information content (AvgIpc) is 2.49. The molecule has 1 aliphatic heterocycles. The number of hydrogen-bond donors (Lipinski definition) is 1. The molecule has 2 rings (SSSR count). The quantitative estimate of drug-likeness (QED) is 0.665. The molecule has 0 saturated carbocycles. The van der Waals surface area contributed by atoms with Crippen molar-refractivity contribution in [2.45, 2.75) is 25.3 Å². The number of rotatable bonds is 1. The lowest BCUT2D eigenvalue weighted by Crippen LogP contribution is -2.49. The lowest BCUT2D eigenvalue weighted by Gasteiger charge is -2.32. The van der Waals surface area contributed by atoms with Gasteiger partial charge >= 0.3 is 0 Å². The largest absolute Gasteiger partial charge is 0.346 e. The van der Waals surface area contributed by atoms with Crippen LogP contribution in [0.15, 0.2) is 12.4 Å². The number of nitrogens with zero attached hydrogens (tertiary/aromatic N) is 2. The topological polar surface area (TPSA) is 64.0 Å². The van der Waals surface area contributed by atoms with E-state index in [1.165, 1.54) is 0 Å². The molecule has 5 nitrogen and oxygen atoms in total. The molecule has 0 aliphatic carbocycles. The molecule has 1 N–H and O–H groups in total. The van der Waals surface area contributed by atoms with Gasteiger partial charge in [0.2, 0.25) is 5.91 Å². The van der Waals surface area contributed by atoms with Gasteiger partial charge in [-0.3, -0.25) is 14.3 Å². The minimum absolute atomic E-state index is 0.00411. The summed E-state index contributed by atoms with van der Waals surface area (Å²) in [6.45, 7) is 1.85. The number of Topliss-reactive ketones (excluding diaryl/α,β-unsaturated/α-hetero) is 1. The van der Waals surface area contributed by atoms with E-state index < -0.39 is 5.54 Å². The van der Waals surface area contributed by atoms with Crippen LogP contribution in [0, 0.1) is 0 Å². The fourth-order valence-electron chi connectivity index (χ4n) is 1.91. The van der Waals surface area contributed by atoms with E-state index in [1.54, 1.807) is 17.9 Å². The number of carbonyl (C=O) groups excluding carboxylic acids is 2. The summed E-state index contributed by atoms with van der Waals surface area (Å²) in [6, 6.07) is 0. The fourth-order valence-corrected chi connectivity index (χ4v) is 1.91. The Bertz CT molecular complexity index is 406. The highest BCUT2D eigenvalue weighted by molar-refractivity contribution is 6.01. The molecule has 1 aliphatic rings. The Morgan fingerprint density at radius 2 is 2.27 bits per heavy atom. The van der Waals surface area contributed by atoms with E-state index in [4.69, 9.17) is 0 Å². The molecule has 0 radical (unpaired) electrons. The van der Waals surface area contributed by atoms with Gasteiger partial charge in [0, 0.05) is 25.2 Å². The highest BCUT2D eigenvalue weighted by Gasteiger charge is 2.37. The molecule has 1 saturated heterocycles. The Balaban J connectivity index is 2.33. The smallest absolute Gasteiger partial charge is 0.228 e. The minimum atomic E-state index is -0.597. The predicted octanol–water partition coefficient (Wildman–Crippen LogP) is 0.114. The van der Waals surface area contributed by atoms with Crippen molar-refractivity contribution >= 4 is 11.7 Å². The third kappa shape index (κ3) is 1.77. The Morgan fingerprint density at radius 3 is 2.80 bits per heavy atom. The van der Waals surface area contributed by atoms with E-state index in [0.29, 0.717) is 6.42 Å². The lowest BCUT2D eigenvalue weighted by atomic mass is 9.85. The van der Waals surface area contributed by atoms with Crippen molar-refractivity contribution in [1.82, 2.24) is 15.1 Å². The zero-order chi connectivity index (χ0) is 11.1. The van der Waals surface area contributed by atoms with Crippen molar-refractivity contribution in [3.05, 3.63) is 18.0 Å². The number of piperidine rings is 1. The Labute approximate surface area is 87.5 Å². The van der Waals surface area contributed by atoms with Gasteiger partial charge in [-0.25, -0.2) is 0 Å². The molecule has 0 unspecified atom stereocenters. The second kappa shape index (κ2) is 3.18. The van der Waals surface area contributed by atoms with Crippen molar-refractivity contribution in [2.24, 2.45) is 7.05 Å². The molecular weight excluding hydrogens is 194 g/mol. The highest BCUT2D eigenvalue weighted by atomic mass is 16.2. The van der Waals surface area contributed by atoms with Crippen molar-refractivity contribution in [3.63, 3.8) is 0 Å². The first kappa shape index (κ1) is 9.89. The van der Waals surface area contributed by atoms with Gasteiger partial charge in [-0.2, -0.15) is 5.10 Å². The summed E-state index contributed by atoms with van der Waals surface area (Å²) in [5.41, 5.74) is 0.270. The van der Waals surface area contributed by atoms with Crippen LogP contribution in [0.5, 0.6) is 0 Å². The Morgan fingerprint density at radius 1 is 1.53 bits per heavy atom. The maximum atomic E-state index is 11.4. The molecule has 80 valence electrons. The molecule has 0 spiro atoms. The molecule has 1 aromatic heterocycles. The first-order chi connectivity index (χ1) is 6.99. The number of amides is 1. The fraction of sp³-hybridized carbons (Fsp3) is 0.500. The van der Waals surface area contributed by atoms with Crippen LogP contribution in [0.2, 0.25) is 0 Å². The minimum Gasteiger partial charge on any atom is -0.346 e. The average molecular weight is 207 g/mol. The van der Waals surface area contributed by atoms with E-state index in [9.17, 15) is 9.59 Å². The van der Waals surface area contributed by atoms with Gasteiger partial charge in [0.15, 0.2) is 0 Å². The number of aryl methyl sites for hydroxylation is 1. The standard InChI is InChI=1S/C10H13N3O2/c1-10(7-5-11-13(2)6-7)4-8(14)3-9(15)12-10/h5-6H,3-4H2,1-2H3,(H,12,15)/t10-/m0/s1. The third-order valence-corrected chi connectivity index (χ3v) is 2.67. The van der Waals surface area contributed by atoms with Gasteiger partial charge in [-0.05, 0) is 6.92 Å². The van der Waals surface area contributed by atoms with Crippen LogP contribution in [-0.2, 0) is 22.2 Å². The number of ketones is 1. The van der Waals surface area contributed by atoms with Crippen LogP contribution >= 0.6 is 0 Å². The van der Waals surface area contributed by atoms with Gasteiger partial charge < -0.3 is 5.32 Å².